The van der Waals surface area contributed by atoms with E-state index in [9.17, 15) is 5.11 Å². The lowest BCUT2D eigenvalue weighted by atomic mass is 9.77. The van der Waals surface area contributed by atoms with Gasteiger partial charge in [0.05, 0.1) is 16.7 Å². The summed E-state index contributed by atoms with van der Waals surface area (Å²) in [5, 5.41) is 22.7. The van der Waals surface area contributed by atoms with Gasteiger partial charge in [0.2, 0.25) is 0 Å². The van der Waals surface area contributed by atoms with Crippen LogP contribution in [0.1, 0.15) is 46.4 Å². The van der Waals surface area contributed by atoms with Crippen LogP contribution in [0.25, 0.3) is 22.3 Å². The van der Waals surface area contributed by atoms with E-state index in [2.05, 4.69) is 65.1 Å². The molecule has 0 atom stereocenters. The van der Waals surface area contributed by atoms with Crippen LogP contribution in [0.5, 0.6) is 5.75 Å². The number of anilines is 1. The van der Waals surface area contributed by atoms with Crippen LogP contribution in [0.3, 0.4) is 0 Å². The number of aryl methyl sites for hydroxylation is 1. The molecule has 0 bridgehead atoms. The second kappa shape index (κ2) is 6.69. The SMILES string of the molecule is Cc1nc2cc(O)c(-c3ccc(NC4CC(C)(C)N(C)C(C)(C)C4)nn3)cc2[nH]1. The number of piperidine rings is 1. The Hall–Kier alpha value is -2.67. The number of aromatic nitrogens is 4. The molecule has 154 valence electrons. The Morgan fingerprint density at radius 3 is 2.41 bits per heavy atom. The predicted molar refractivity (Wildman–Crippen MR) is 116 cm³/mol. The third kappa shape index (κ3) is 3.67. The predicted octanol–water partition coefficient (Wildman–Crippen LogP) is 4.10. The van der Waals surface area contributed by atoms with Crippen LogP contribution in [0.4, 0.5) is 5.82 Å². The van der Waals surface area contributed by atoms with Gasteiger partial charge < -0.3 is 15.4 Å². The number of rotatable bonds is 3. The van der Waals surface area contributed by atoms with Crippen molar-refractivity contribution in [2.24, 2.45) is 0 Å². The summed E-state index contributed by atoms with van der Waals surface area (Å²) in [6, 6.07) is 7.68. The Morgan fingerprint density at radius 1 is 1.10 bits per heavy atom. The van der Waals surface area contributed by atoms with Crippen molar-refractivity contribution in [2.75, 3.05) is 12.4 Å². The molecule has 2 aromatic heterocycles. The Labute approximate surface area is 171 Å². The van der Waals surface area contributed by atoms with Crippen LogP contribution in [-0.4, -0.2) is 54.3 Å². The van der Waals surface area contributed by atoms with E-state index in [1.807, 2.05) is 25.1 Å². The van der Waals surface area contributed by atoms with E-state index in [0.29, 0.717) is 17.3 Å². The quantitative estimate of drug-likeness (QED) is 0.620. The maximum Gasteiger partial charge on any atom is 0.148 e. The van der Waals surface area contributed by atoms with Crippen molar-refractivity contribution in [2.45, 2.75) is 64.6 Å². The average molecular weight is 395 g/mol. The second-order valence-corrected chi connectivity index (χ2v) is 9.45. The number of nitrogens with one attached hydrogen (secondary N) is 2. The second-order valence-electron chi connectivity index (χ2n) is 9.45. The lowest BCUT2D eigenvalue weighted by molar-refractivity contribution is -0.00773. The first-order valence-electron chi connectivity index (χ1n) is 10.1. The van der Waals surface area contributed by atoms with Gasteiger partial charge in [0.15, 0.2) is 0 Å². The first-order valence-corrected chi connectivity index (χ1v) is 10.1. The molecule has 0 unspecified atom stereocenters. The molecule has 0 radical (unpaired) electrons. The van der Waals surface area contributed by atoms with Gasteiger partial charge in [-0.05, 0) is 72.7 Å². The van der Waals surface area contributed by atoms with Gasteiger partial charge in [0.1, 0.15) is 17.4 Å². The normalized spacial score (nSPS) is 19.5. The van der Waals surface area contributed by atoms with E-state index in [4.69, 9.17) is 0 Å². The largest absolute Gasteiger partial charge is 0.507 e. The number of likely N-dealkylation sites (tertiary alicyclic amines) is 1. The number of fused-ring (bicyclic) bond motifs is 1. The zero-order valence-electron chi connectivity index (χ0n) is 18.0. The molecule has 3 heterocycles. The van der Waals surface area contributed by atoms with Crippen molar-refractivity contribution in [3.05, 3.63) is 30.1 Å². The van der Waals surface area contributed by atoms with Crippen molar-refractivity contribution < 1.29 is 5.11 Å². The number of aromatic amines is 1. The lowest BCUT2D eigenvalue weighted by Crippen LogP contribution is -2.61. The molecule has 0 aliphatic carbocycles. The highest BCUT2D eigenvalue weighted by Gasteiger charge is 2.43. The van der Waals surface area contributed by atoms with Crippen LogP contribution in [0.15, 0.2) is 24.3 Å². The molecule has 7 heteroatoms. The van der Waals surface area contributed by atoms with E-state index < -0.39 is 0 Å². The summed E-state index contributed by atoms with van der Waals surface area (Å²) in [4.78, 5) is 10.0. The van der Waals surface area contributed by atoms with E-state index in [0.717, 1.165) is 35.5 Å². The Morgan fingerprint density at radius 2 is 1.79 bits per heavy atom. The minimum absolute atomic E-state index is 0.107. The first-order chi connectivity index (χ1) is 13.5. The van der Waals surface area contributed by atoms with Gasteiger partial charge in [-0.25, -0.2) is 4.98 Å². The highest BCUT2D eigenvalue weighted by atomic mass is 16.3. The van der Waals surface area contributed by atoms with Crippen LogP contribution in [0, 0.1) is 6.92 Å². The number of aromatic hydroxyl groups is 1. The monoisotopic (exact) mass is 394 g/mol. The van der Waals surface area contributed by atoms with Crippen molar-refractivity contribution in [3.63, 3.8) is 0 Å². The van der Waals surface area contributed by atoms with Gasteiger partial charge in [-0.1, -0.05) is 0 Å². The molecule has 0 amide bonds. The van der Waals surface area contributed by atoms with E-state index in [-0.39, 0.29) is 16.8 Å². The molecule has 3 N–H and O–H groups in total. The highest BCUT2D eigenvalue weighted by molar-refractivity contribution is 5.85. The molecule has 1 aliphatic rings. The Balaban J connectivity index is 1.55. The van der Waals surface area contributed by atoms with E-state index >= 15 is 0 Å². The first kappa shape index (κ1) is 19.6. The highest BCUT2D eigenvalue weighted by Crippen LogP contribution is 2.38. The summed E-state index contributed by atoms with van der Waals surface area (Å²) in [6.07, 6.45) is 2.07. The smallest absolute Gasteiger partial charge is 0.148 e. The standard InChI is InChI=1S/C22H30N6O/c1-13-23-17-9-15(19(29)10-18(17)24-13)16-7-8-20(27-26-16)25-14-11-21(2,3)28(6)22(4,5)12-14/h7-10,14,29H,11-12H2,1-6H3,(H,23,24)(H,25,27). The fourth-order valence-electron chi connectivity index (χ4n) is 4.61. The molecular formula is C22H30N6O. The number of hydrogen-bond donors (Lipinski definition) is 3. The Bertz CT molecular complexity index is 1020. The zero-order valence-corrected chi connectivity index (χ0v) is 18.0. The fourth-order valence-corrected chi connectivity index (χ4v) is 4.61. The van der Waals surface area contributed by atoms with Crippen LogP contribution < -0.4 is 5.32 Å². The van der Waals surface area contributed by atoms with Crippen molar-refractivity contribution >= 4 is 16.9 Å². The van der Waals surface area contributed by atoms with Gasteiger partial charge >= 0.3 is 0 Å². The topological polar surface area (TPSA) is 90.0 Å². The van der Waals surface area contributed by atoms with Crippen LogP contribution in [-0.2, 0) is 0 Å². The third-order valence-corrected chi connectivity index (χ3v) is 6.32. The number of imidazole rings is 1. The molecule has 3 aromatic rings. The molecular weight excluding hydrogens is 364 g/mol. The van der Waals surface area contributed by atoms with Gasteiger partial charge in [-0.3, -0.25) is 4.90 Å². The molecule has 7 nitrogen and oxygen atoms in total. The summed E-state index contributed by atoms with van der Waals surface area (Å²) in [5.74, 6) is 1.72. The van der Waals surface area contributed by atoms with Gasteiger partial charge in [-0.15, -0.1) is 10.2 Å². The van der Waals surface area contributed by atoms with Crippen LogP contribution in [0.2, 0.25) is 0 Å². The van der Waals surface area contributed by atoms with Crippen LogP contribution >= 0.6 is 0 Å². The summed E-state index contributed by atoms with van der Waals surface area (Å²) in [7, 11) is 2.20. The molecule has 1 aliphatic heterocycles. The summed E-state index contributed by atoms with van der Waals surface area (Å²) >= 11 is 0. The zero-order chi connectivity index (χ0) is 21.0. The number of phenols is 1. The van der Waals surface area contributed by atoms with Gasteiger partial charge in [0, 0.05) is 28.7 Å². The number of nitrogens with zero attached hydrogens (tertiary/aromatic N) is 4. The van der Waals surface area contributed by atoms with Gasteiger partial charge in [0.25, 0.3) is 0 Å². The third-order valence-electron chi connectivity index (χ3n) is 6.32. The van der Waals surface area contributed by atoms with Crippen molar-refractivity contribution in [3.8, 4) is 17.0 Å². The molecule has 0 saturated carbocycles. The minimum Gasteiger partial charge on any atom is -0.507 e. The molecule has 1 fully saturated rings. The average Bonchev–Trinajstić information content (AvgIpc) is 2.98. The van der Waals surface area contributed by atoms with Gasteiger partial charge in [-0.2, -0.15) is 0 Å². The molecule has 1 aromatic carbocycles. The summed E-state index contributed by atoms with van der Waals surface area (Å²) in [5.41, 5.74) is 3.09. The van der Waals surface area contributed by atoms with E-state index in [1.54, 1.807) is 6.07 Å². The number of benzene rings is 1. The summed E-state index contributed by atoms with van der Waals surface area (Å²) in [6.45, 7) is 11.0. The van der Waals surface area contributed by atoms with Crippen molar-refractivity contribution in [1.82, 2.24) is 25.1 Å². The number of H-pyrrole nitrogens is 1. The maximum absolute atomic E-state index is 10.4. The lowest BCUT2D eigenvalue weighted by Gasteiger charge is -2.53. The maximum atomic E-state index is 10.4. The summed E-state index contributed by atoms with van der Waals surface area (Å²) < 4.78 is 0. The number of hydrogen-bond acceptors (Lipinski definition) is 6. The molecule has 29 heavy (non-hydrogen) atoms. The Kier molecular flexibility index (Phi) is 4.53. The minimum atomic E-state index is 0.107. The molecule has 4 rings (SSSR count). The number of phenolic OH excluding ortho intramolecular Hbond substituents is 1. The molecule has 1 saturated heterocycles. The molecule has 0 spiro atoms. The fraction of sp³-hybridized carbons (Fsp3) is 0.500. The van der Waals surface area contributed by atoms with E-state index in [1.165, 1.54) is 0 Å². The van der Waals surface area contributed by atoms with Crippen molar-refractivity contribution in [1.29, 1.82) is 0 Å².